The number of carbonyl (C=O) groups is 2. The quantitative estimate of drug-likeness (QED) is 0.605. The van der Waals surface area contributed by atoms with Crippen LogP contribution in [0.2, 0.25) is 0 Å². The molecule has 8 heteroatoms. The van der Waals surface area contributed by atoms with Gasteiger partial charge < -0.3 is 15.3 Å². The molecule has 0 bridgehead atoms. The van der Waals surface area contributed by atoms with Gasteiger partial charge in [0.1, 0.15) is 5.75 Å². The summed E-state index contributed by atoms with van der Waals surface area (Å²) < 4.78 is 22.3. The number of sulfone groups is 1. The normalized spacial score (nSPS) is 16.5. The molecule has 1 rings (SSSR count). The molecule has 0 aromatic heterocycles. The number of hydrogen-bond donors (Lipinski definition) is 2. The smallest absolute Gasteiger partial charge is 0.318 e. The van der Waals surface area contributed by atoms with Crippen LogP contribution in [0.4, 0.5) is 4.79 Å². The molecular weight excluding hydrogens is 224 g/mol. The summed E-state index contributed by atoms with van der Waals surface area (Å²) in [5, 5.41) is 10.8. The van der Waals surface area contributed by atoms with Crippen molar-refractivity contribution in [1.29, 1.82) is 0 Å². The first-order valence-corrected chi connectivity index (χ1v) is 6.18. The second kappa shape index (κ2) is 4.47. The first-order valence-electron chi connectivity index (χ1n) is 4.36. The molecular formula is C7H12N2O5S. The minimum absolute atomic E-state index is 0.0431. The molecule has 0 aromatic rings. The fourth-order valence-electron chi connectivity index (χ4n) is 1.23. The Balaban J connectivity index is 2.42. The Kier molecular flexibility index (Phi) is 3.51. The number of aliphatic carboxylic acids is 1. The molecule has 0 atom stereocenters. The molecule has 0 saturated carbocycles. The number of nitrogens with zero attached hydrogens (tertiary/aromatic N) is 1. The van der Waals surface area contributed by atoms with Gasteiger partial charge in [0.25, 0.3) is 0 Å². The van der Waals surface area contributed by atoms with Crippen LogP contribution in [0.5, 0.6) is 0 Å². The SMILES string of the molecule is O=C(O)CS(=O)(=O)CCN1CCNC1=O. The number of rotatable bonds is 5. The van der Waals surface area contributed by atoms with E-state index in [9.17, 15) is 18.0 Å². The van der Waals surface area contributed by atoms with Gasteiger partial charge in [0.15, 0.2) is 9.84 Å². The van der Waals surface area contributed by atoms with E-state index in [2.05, 4.69) is 5.32 Å². The molecule has 2 amide bonds. The van der Waals surface area contributed by atoms with E-state index < -0.39 is 21.6 Å². The van der Waals surface area contributed by atoms with Crippen molar-refractivity contribution >= 4 is 21.8 Å². The summed E-state index contributed by atoms with van der Waals surface area (Å²) in [6.07, 6.45) is 0. The highest BCUT2D eigenvalue weighted by atomic mass is 32.2. The average Bonchev–Trinajstić information content (AvgIpc) is 2.45. The van der Waals surface area contributed by atoms with E-state index in [-0.39, 0.29) is 18.3 Å². The standard InChI is InChI=1S/C7H12N2O5S/c10-6(11)5-15(13,14)4-3-9-2-1-8-7(9)12/h1-5H2,(H,8,12)(H,10,11). The molecule has 86 valence electrons. The van der Waals surface area contributed by atoms with Gasteiger partial charge in [-0.25, -0.2) is 13.2 Å². The second-order valence-corrected chi connectivity index (χ2v) is 5.39. The number of nitrogens with one attached hydrogen (secondary N) is 1. The third-order valence-corrected chi connectivity index (χ3v) is 3.45. The van der Waals surface area contributed by atoms with Crippen LogP contribution in [0.3, 0.4) is 0 Å². The predicted molar refractivity (Wildman–Crippen MR) is 51.3 cm³/mol. The van der Waals surface area contributed by atoms with Crippen molar-refractivity contribution in [2.75, 3.05) is 31.1 Å². The van der Waals surface area contributed by atoms with Gasteiger partial charge in [-0.15, -0.1) is 0 Å². The Bertz CT molecular complexity index is 364. The lowest BCUT2D eigenvalue weighted by atomic mass is 10.6. The summed E-state index contributed by atoms with van der Waals surface area (Å²) in [5.74, 6) is -2.57. The lowest BCUT2D eigenvalue weighted by molar-refractivity contribution is -0.134. The molecule has 1 saturated heterocycles. The molecule has 0 radical (unpaired) electrons. The first-order chi connectivity index (χ1) is 6.91. The summed E-state index contributed by atoms with van der Waals surface area (Å²) in [6, 6.07) is -0.305. The van der Waals surface area contributed by atoms with E-state index in [1.54, 1.807) is 0 Å². The molecule has 1 heterocycles. The first kappa shape index (κ1) is 11.8. The molecule has 15 heavy (non-hydrogen) atoms. The Morgan fingerprint density at radius 1 is 1.53 bits per heavy atom. The topological polar surface area (TPSA) is 104 Å². The van der Waals surface area contributed by atoms with Crippen molar-refractivity contribution in [3.8, 4) is 0 Å². The number of carbonyl (C=O) groups excluding carboxylic acids is 1. The lowest BCUT2D eigenvalue weighted by Gasteiger charge is -2.12. The van der Waals surface area contributed by atoms with Crippen LogP contribution in [0.15, 0.2) is 0 Å². The molecule has 1 fully saturated rings. The van der Waals surface area contributed by atoms with Gasteiger partial charge in [-0.3, -0.25) is 4.79 Å². The fourth-order valence-corrected chi connectivity index (χ4v) is 2.25. The second-order valence-electron chi connectivity index (χ2n) is 3.20. The van der Waals surface area contributed by atoms with Crippen LogP contribution in [0.25, 0.3) is 0 Å². The van der Waals surface area contributed by atoms with Crippen LogP contribution in [-0.4, -0.2) is 61.6 Å². The van der Waals surface area contributed by atoms with Gasteiger partial charge in [0.2, 0.25) is 0 Å². The van der Waals surface area contributed by atoms with Gasteiger partial charge in [-0.05, 0) is 0 Å². The van der Waals surface area contributed by atoms with Crippen LogP contribution < -0.4 is 5.32 Å². The van der Waals surface area contributed by atoms with Crippen LogP contribution in [0.1, 0.15) is 0 Å². The number of carboxylic acids is 1. The zero-order chi connectivity index (χ0) is 11.5. The van der Waals surface area contributed by atoms with Gasteiger partial charge in [0, 0.05) is 19.6 Å². The molecule has 1 aliphatic heterocycles. The van der Waals surface area contributed by atoms with Crippen molar-refractivity contribution in [3.05, 3.63) is 0 Å². The highest BCUT2D eigenvalue weighted by molar-refractivity contribution is 7.92. The van der Waals surface area contributed by atoms with E-state index in [1.165, 1.54) is 4.90 Å². The molecule has 0 aromatic carbocycles. The zero-order valence-electron chi connectivity index (χ0n) is 7.97. The molecule has 0 aliphatic carbocycles. The van der Waals surface area contributed by atoms with Gasteiger partial charge in [0.05, 0.1) is 5.75 Å². The molecule has 7 nitrogen and oxygen atoms in total. The Labute approximate surface area is 87.0 Å². The average molecular weight is 236 g/mol. The molecule has 0 unspecified atom stereocenters. The van der Waals surface area contributed by atoms with E-state index >= 15 is 0 Å². The summed E-state index contributed by atoms with van der Waals surface area (Å²) in [5.41, 5.74) is 0. The molecule has 2 N–H and O–H groups in total. The maximum absolute atomic E-state index is 11.2. The summed E-state index contributed by atoms with van der Waals surface area (Å²) in [4.78, 5) is 22.6. The van der Waals surface area contributed by atoms with Gasteiger partial charge >= 0.3 is 12.0 Å². The highest BCUT2D eigenvalue weighted by Gasteiger charge is 2.23. The number of carboxylic acid groups (broad SMARTS) is 1. The largest absolute Gasteiger partial charge is 0.480 e. The minimum atomic E-state index is -3.61. The Morgan fingerprint density at radius 2 is 2.20 bits per heavy atom. The van der Waals surface area contributed by atoms with Gasteiger partial charge in [-0.1, -0.05) is 0 Å². The fraction of sp³-hybridized carbons (Fsp3) is 0.714. The maximum Gasteiger partial charge on any atom is 0.318 e. The van der Waals surface area contributed by atoms with Crippen molar-refractivity contribution in [1.82, 2.24) is 10.2 Å². The zero-order valence-corrected chi connectivity index (χ0v) is 8.79. The Morgan fingerprint density at radius 3 is 2.67 bits per heavy atom. The van der Waals surface area contributed by atoms with Gasteiger partial charge in [-0.2, -0.15) is 0 Å². The van der Waals surface area contributed by atoms with Crippen molar-refractivity contribution in [2.45, 2.75) is 0 Å². The van der Waals surface area contributed by atoms with Crippen LogP contribution in [-0.2, 0) is 14.6 Å². The van der Waals surface area contributed by atoms with Crippen molar-refractivity contribution < 1.29 is 23.1 Å². The van der Waals surface area contributed by atoms with Crippen LogP contribution >= 0.6 is 0 Å². The van der Waals surface area contributed by atoms with E-state index in [0.29, 0.717) is 13.1 Å². The summed E-state index contributed by atoms with van der Waals surface area (Å²) >= 11 is 0. The third-order valence-electron chi connectivity index (χ3n) is 1.96. The predicted octanol–water partition coefficient (Wildman–Crippen LogP) is -1.49. The monoisotopic (exact) mass is 236 g/mol. The highest BCUT2D eigenvalue weighted by Crippen LogP contribution is 1.99. The van der Waals surface area contributed by atoms with E-state index in [1.807, 2.05) is 0 Å². The molecule has 0 spiro atoms. The van der Waals surface area contributed by atoms with Crippen molar-refractivity contribution in [2.24, 2.45) is 0 Å². The van der Waals surface area contributed by atoms with Crippen LogP contribution in [0, 0.1) is 0 Å². The third kappa shape index (κ3) is 3.74. The number of urea groups is 1. The summed E-state index contributed by atoms with van der Waals surface area (Å²) in [6.45, 7) is 1.00. The number of hydrogen-bond acceptors (Lipinski definition) is 4. The minimum Gasteiger partial charge on any atom is -0.480 e. The van der Waals surface area contributed by atoms with Crippen molar-refractivity contribution in [3.63, 3.8) is 0 Å². The maximum atomic E-state index is 11.2. The molecule has 1 aliphatic rings. The van der Waals surface area contributed by atoms with E-state index in [0.717, 1.165) is 0 Å². The van der Waals surface area contributed by atoms with E-state index in [4.69, 9.17) is 5.11 Å². The summed E-state index contributed by atoms with van der Waals surface area (Å²) in [7, 11) is -3.61. The number of amides is 2. The Hall–Kier alpha value is -1.31. The lowest BCUT2D eigenvalue weighted by Crippen LogP contribution is -2.33.